The van der Waals surface area contributed by atoms with Crippen LogP contribution in [0.1, 0.15) is 239 Å². The lowest BCUT2D eigenvalue weighted by Crippen LogP contribution is -2.45. The van der Waals surface area contributed by atoms with E-state index in [2.05, 4.69) is 43.5 Å². The number of carbonyl (C=O) groups is 1. The van der Waals surface area contributed by atoms with Crippen LogP contribution in [-0.4, -0.2) is 34.9 Å². The first-order valence-electron chi connectivity index (χ1n) is 22.7. The number of unbranched alkanes of at least 4 members (excludes halogenated alkanes) is 30. The van der Waals surface area contributed by atoms with Crippen LogP contribution in [-0.2, 0) is 4.79 Å². The minimum absolute atomic E-state index is 0.0770. The molecule has 0 rings (SSSR count). The van der Waals surface area contributed by atoms with E-state index in [9.17, 15) is 15.0 Å². The molecule has 300 valence electrons. The largest absolute Gasteiger partial charge is 0.394 e. The minimum Gasteiger partial charge on any atom is -0.394 e. The number of carbonyl (C=O) groups excluding carboxylic acids is 1. The van der Waals surface area contributed by atoms with Gasteiger partial charge in [0.05, 0.1) is 18.8 Å². The number of aliphatic hydroxyl groups excluding tert-OH is 2. The first-order valence-corrected chi connectivity index (χ1v) is 22.7. The van der Waals surface area contributed by atoms with Crippen LogP contribution in [0.15, 0.2) is 36.5 Å². The summed E-state index contributed by atoms with van der Waals surface area (Å²) in [7, 11) is 0. The van der Waals surface area contributed by atoms with E-state index in [4.69, 9.17) is 0 Å². The maximum Gasteiger partial charge on any atom is 0.220 e. The van der Waals surface area contributed by atoms with Crippen molar-refractivity contribution in [3.63, 3.8) is 0 Å². The molecular formula is C47H89NO3. The van der Waals surface area contributed by atoms with Crippen molar-refractivity contribution >= 4 is 5.91 Å². The van der Waals surface area contributed by atoms with Crippen LogP contribution in [0.2, 0.25) is 0 Å². The van der Waals surface area contributed by atoms with E-state index >= 15 is 0 Å². The normalized spacial score (nSPS) is 13.3. The Morgan fingerprint density at radius 2 is 0.765 bits per heavy atom. The molecule has 2 unspecified atom stereocenters. The molecule has 0 fully saturated rings. The van der Waals surface area contributed by atoms with E-state index in [-0.39, 0.29) is 12.5 Å². The summed E-state index contributed by atoms with van der Waals surface area (Å²) in [6, 6.07) is -0.640. The average molecular weight is 716 g/mol. The van der Waals surface area contributed by atoms with Gasteiger partial charge in [0, 0.05) is 6.42 Å². The van der Waals surface area contributed by atoms with E-state index in [0.29, 0.717) is 6.42 Å². The molecule has 0 spiro atoms. The monoisotopic (exact) mass is 716 g/mol. The number of aliphatic hydroxyl groups is 2. The maximum atomic E-state index is 12.4. The van der Waals surface area contributed by atoms with Crippen molar-refractivity contribution in [2.24, 2.45) is 0 Å². The molecule has 2 atom stereocenters. The second kappa shape index (κ2) is 43.0. The summed E-state index contributed by atoms with van der Waals surface area (Å²) < 4.78 is 0. The van der Waals surface area contributed by atoms with Crippen LogP contribution < -0.4 is 5.32 Å². The second-order valence-electron chi connectivity index (χ2n) is 15.5. The Hall–Kier alpha value is -1.39. The van der Waals surface area contributed by atoms with E-state index in [0.717, 1.165) is 32.1 Å². The zero-order valence-corrected chi connectivity index (χ0v) is 34.4. The molecule has 4 nitrogen and oxygen atoms in total. The number of allylic oxidation sites excluding steroid dienone is 5. The van der Waals surface area contributed by atoms with Gasteiger partial charge in [0.15, 0.2) is 0 Å². The Kier molecular flexibility index (Phi) is 41.8. The molecular weight excluding hydrogens is 627 g/mol. The Labute approximate surface area is 319 Å². The first-order chi connectivity index (χ1) is 25.2. The molecule has 0 aliphatic heterocycles. The highest BCUT2D eigenvalue weighted by molar-refractivity contribution is 5.76. The fraction of sp³-hybridized carbons (Fsp3) is 0.851. The van der Waals surface area contributed by atoms with Crippen molar-refractivity contribution in [2.45, 2.75) is 251 Å². The Morgan fingerprint density at radius 1 is 0.451 bits per heavy atom. The van der Waals surface area contributed by atoms with Crippen LogP contribution in [0.5, 0.6) is 0 Å². The number of hydrogen-bond acceptors (Lipinski definition) is 3. The van der Waals surface area contributed by atoms with Gasteiger partial charge < -0.3 is 15.5 Å². The maximum absolute atomic E-state index is 12.4. The number of hydrogen-bond donors (Lipinski definition) is 3. The summed E-state index contributed by atoms with van der Waals surface area (Å²) in [6.45, 7) is 4.31. The molecule has 0 aliphatic rings. The third kappa shape index (κ3) is 39.6. The van der Waals surface area contributed by atoms with E-state index < -0.39 is 12.1 Å². The van der Waals surface area contributed by atoms with Gasteiger partial charge in [-0.25, -0.2) is 0 Å². The molecule has 0 aromatic rings. The van der Waals surface area contributed by atoms with E-state index in [1.165, 1.54) is 186 Å². The molecule has 0 aromatic carbocycles. The number of nitrogens with one attached hydrogen (secondary N) is 1. The first kappa shape index (κ1) is 49.6. The summed E-state index contributed by atoms with van der Waals surface area (Å²) in [5.74, 6) is -0.0770. The molecule has 0 bridgehead atoms. The van der Waals surface area contributed by atoms with Crippen LogP contribution >= 0.6 is 0 Å². The summed E-state index contributed by atoms with van der Waals surface area (Å²) in [5, 5.41) is 23.0. The second-order valence-corrected chi connectivity index (χ2v) is 15.5. The molecule has 0 saturated carbocycles. The summed E-state index contributed by atoms with van der Waals surface area (Å²) in [4.78, 5) is 12.4. The average Bonchev–Trinajstić information content (AvgIpc) is 3.13. The topological polar surface area (TPSA) is 69.6 Å². The van der Waals surface area contributed by atoms with Gasteiger partial charge in [0.25, 0.3) is 0 Å². The van der Waals surface area contributed by atoms with Crippen molar-refractivity contribution in [1.82, 2.24) is 5.32 Å². The van der Waals surface area contributed by atoms with Gasteiger partial charge in [0.1, 0.15) is 0 Å². The van der Waals surface area contributed by atoms with Crippen molar-refractivity contribution in [3.05, 3.63) is 36.5 Å². The zero-order chi connectivity index (χ0) is 37.1. The van der Waals surface area contributed by atoms with Gasteiger partial charge in [0.2, 0.25) is 5.91 Å². The molecule has 0 heterocycles. The fourth-order valence-electron chi connectivity index (χ4n) is 6.84. The van der Waals surface area contributed by atoms with Gasteiger partial charge in [-0.15, -0.1) is 0 Å². The lowest BCUT2D eigenvalue weighted by Gasteiger charge is -2.19. The molecule has 3 N–H and O–H groups in total. The van der Waals surface area contributed by atoms with Crippen LogP contribution in [0.3, 0.4) is 0 Å². The van der Waals surface area contributed by atoms with Crippen LogP contribution in [0.4, 0.5) is 0 Å². The highest BCUT2D eigenvalue weighted by Crippen LogP contribution is 2.15. The zero-order valence-electron chi connectivity index (χ0n) is 34.4. The van der Waals surface area contributed by atoms with Crippen molar-refractivity contribution < 1.29 is 15.0 Å². The molecule has 4 heteroatoms. The highest BCUT2D eigenvalue weighted by atomic mass is 16.3. The van der Waals surface area contributed by atoms with Gasteiger partial charge in [-0.05, 0) is 57.8 Å². The predicted molar refractivity (Wildman–Crippen MR) is 225 cm³/mol. The predicted octanol–water partition coefficient (Wildman–Crippen LogP) is 14.2. The van der Waals surface area contributed by atoms with Crippen LogP contribution in [0.25, 0.3) is 0 Å². The molecule has 0 radical (unpaired) electrons. The number of amides is 1. The SMILES string of the molecule is CCCCCCCCCCCC/C=C\CCCCCCCCCC(=O)NC(CO)C(O)/C=C/CC/C=C/CCCCCCCCCCCCCC. The quantitative estimate of drug-likeness (QED) is 0.0436. The van der Waals surface area contributed by atoms with Gasteiger partial charge in [-0.3, -0.25) is 4.79 Å². The number of rotatable bonds is 41. The third-order valence-corrected chi connectivity index (χ3v) is 10.3. The Balaban J connectivity index is 3.60. The Bertz CT molecular complexity index is 775. The van der Waals surface area contributed by atoms with Gasteiger partial charge in [-0.2, -0.15) is 0 Å². The Morgan fingerprint density at radius 3 is 1.14 bits per heavy atom. The summed E-state index contributed by atoms with van der Waals surface area (Å²) >= 11 is 0. The lowest BCUT2D eigenvalue weighted by molar-refractivity contribution is -0.123. The van der Waals surface area contributed by atoms with Crippen molar-refractivity contribution in [2.75, 3.05) is 6.61 Å². The van der Waals surface area contributed by atoms with E-state index in [1.54, 1.807) is 6.08 Å². The molecule has 0 saturated heterocycles. The standard InChI is InChI=1S/C47H89NO3/c1-3-5-7-9-11-13-15-17-19-21-23-24-25-27-29-31-33-35-37-39-41-43-47(51)48-45(44-49)46(50)42-40-38-36-34-32-30-28-26-22-20-18-16-14-12-10-8-6-4-2/h24-25,32,34,40,42,45-46,49-50H,3-23,26-31,33,35-39,41,43-44H2,1-2H3,(H,48,51)/b25-24-,34-32+,42-40+. The van der Waals surface area contributed by atoms with Gasteiger partial charge >= 0.3 is 0 Å². The minimum atomic E-state index is -0.862. The summed E-state index contributed by atoms with van der Waals surface area (Å²) in [6.07, 6.45) is 56.9. The lowest BCUT2D eigenvalue weighted by atomic mass is 10.0. The van der Waals surface area contributed by atoms with E-state index in [1.807, 2.05) is 6.08 Å². The van der Waals surface area contributed by atoms with Crippen molar-refractivity contribution in [3.8, 4) is 0 Å². The smallest absolute Gasteiger partial charge is 0.220 e. The van der Waals surface area contributed by atoms with Crippen molar-refractivity contribution in [1.29, 1.82) is 0 Å². The van der Waals surface area contributed by atoms with Gasteiger partial charge in [-0.1, -0.05) is 211 Å². The fourth-order valence-corrected chi connectivity index (χ4v) is 6.84. The molecule has 51 heavy (non-hydrogen) atoms. The molecule has 0 aromatic heterocycles. The highest BCUT2D eigenvalue weighted by Gasteiger charge is 2.17. The third-order valence-electron chi connectivity index (χ3n) is 10.3. The summed E-state index contributed by atoms with van der Waals surface area (Å²) in [5.41, 5.74) is 0. The van der Waals surface area contributed by atoms with Crippen LogP contribution in [0, 0.1) is 0 Å². The molecule has 1 amide bonds. The molecule has 0 aliphatic carbocycles.